The van der Waals surface area contributed by atoms with Gasteiger partial charge in [0.1, 0.15) is 5.69 Å². The summed E-state index contributed by atoms with van der Waals surface area (Å²) < 4.78 is 9.19. The van der Waals surface area contributed by atoms with Gasteiger partial charge in [0, 0.05) is 11.1 Å². The summed E-state index contributed by atoms with van der Waals surface area (Å²) in [4.78, 5) is 45.2. The van der Waals surface area contributed by atoms with Crippen molar-refractivity contribution >= 4 is 46.7 Å². The molecule has 0 saturated carbocycles. The zero-order valence-corrected chi connectivity index (χ0v) is 14.5. The number of esters is 2. The van der Waals surface area contributed by atoms with E-state index in [1.807, 2.05) is 5.32 Å². The van der Waals surface area contributed by atoms with E-state index in [2.05, 4.69) is 15.3 Å². The minimum atomic E-state index is -1.26. The largest absolute Gasteiger partial charge is 0.460 e. The molecule has 1 aromatic rings. The van der Waals surface area contributed by atoms with E-state index in [0.717, 1.165) is 6.07 Å². The number of hydrazone groups is 1. The normalized spacial score (nSPS) is 10.7. The zero-order valence-electron chi connectivity index (χ0n) is 13.8. The predicted octanol–water partition coefficient (Wildman–Crippen LogP) is 1.22. The van der Waals surface area contributed by atoms with Crippen LogP contribution in [0.25, 0.3) is 0 Å². The molecule has 0 fully saturated rings. The summed E-state index contributed by atoms with van der Waals surface area (Å²) in [6.45, 7) is 2.93. The van der Waals surface area contributed by atoms with Crippen LogP contribution >= 0.6 is 11.6 Å². The van der Waals surface area contributed by atoms with E-state index in [0.29, 0.717) is 0 Å². The SMILES string of the molecule is CCOC(=O)C(=O)N/C(=N\Nc1ccc(Cl)cc1[N+](=O)[O-])C(=O)OCC. The smallest absolute Gasteiger partial charge is 0.397 e. The van der Waals surface area contributed by atoms with Crippen molar-refractivity contribution in [1.82, 2.24) is 5.32 Å². The van der Waals surface area contributed by atoms with Gasteiger partial charge in [-0.2, -0.15) is 0 Å². The van der Waals surface area contributed by atoms with Crippen molar-refractivity contribution in [3.05, 3.63) is 33.3 Å². The molecule has 11 nitrogen and oxygen atoms in total. The average molecular weight is 387 g/mol. The summed E-state index contributed by atoms with van der Waals surface area (Å²) in [6, 6.07) is 3.67. The lowest BCUT2D eigenvalue weighted by molar-refractivity contribution is -0.383. The molecule has 0 spiro atoms. The number of amidine groups is 1. The van der Waals surface area contributed by atoms with Crippen LogP contribution in [-0.2, 0) is 23.9 Å². The summed E-state index contributed by atoms with van der Waals surface area (Å²) in [5.74, 6) is -4.24. The molecule has 0 radical (unpaired) electrons. The van der Waals surface area contributed by atoms with Gasteiger partial charge in [0.15, 0.2) is 0 Å². The number of nitro groups is 1. The molecule has 1 amide bonds. The number of amides is 1. The van der Waals surface area contributed by atoms with Crippen LogP contribution < -0.4 is 10.7 Å². The molecule has 12 heteroatoms. The first-order valence-electron chi connectivity index (χ1n) is 7.23. The van der Waals surface area contributed by atoms with Gasteiger partial charge < -0.3 is 9.47 Å². The lowest BCUT2D eigenvalue weighted by Gasteiger charge is -2.08. The number of ether oxygens (including phenoxy) is 2. The Morgan fingerprint density at radius 3 is 2.38 bits per heavy atom. The maximum atomic E-state index is 11.8. The molecular formula is C14H15ClN4O7. The van der Waals surface area contributed by atoms with Crippen molar-refractivity contribution in [1.29, 1.82) is 0 Å². The van der Waals surface area contributed by atoms with Crippen molar-refractivity contribution in [2.24, 2.45) is 5.10 Å². The molecule has 2 N–H and O–H groups in total. The third kappa shape index (κ3) is 6.02. The number of hydrogen-bond acceptors (Lipinski definition) is 9. The van der Waals surface area contributed by atoms with Gasteiger partial charge in [-0.05, 0) is 26.0 Å². The number of rotatable bonds is 5. The molecule has 0 aromatic heterocycles. The summed E-state index contributed by atoms with van der Waals surface area (Å²) >= 11 is 5.70. The number of nitrogens with one attached hydrogen (secondary N) is 2. The number of carbonyl (C=O) groups excluding carboxylic acids is 3. The fourth-order valence-corrected chi connectivity index (χ4v) is 1.71. The van der Waals surface area contributed by atoms with Gasteiger partial charge in [-0.15, -0.1) is 5.10 Å². The number of nitrogens with zero attached hydrogens (tertiary/aromatic N) is 2. The Kier molecular flexibility index (Phi) is 7.96. The number of benzene rings is 1. The van der Waals surface area contributed by atoms with Crippen molar-refractivity contribution < 1.29 is 28.8 Å². The van der Waals surface area contributed by atoms with Gasteiger partial charge in [0.2, 0.25) is 5.84 Å². The van der Waals surface area contributed by atoms with Crippen molar-refractivity contribution in [3.8, 4) is 0 Å². The molecule has 0 saturated heterocycles. The molecule has 1 rings (SSSR count). The van der Waals surface area contributed by atoms with Gasteiger partial charge in [-0.25, -0.2) is 9.59 Å². The summed E-state index contributed by atoms with van der Waals surface area (Å²) in [5.41, 5.74) is 1.74. The van der Waals surface area contributed by atoms with Gasteiger partial charge in [0.05, 0.1) is 18.1 Å². The first kappa shape index (κ1) is 20.8. The second kappa shape index (κ2) is 9.93. The minimum absolute atomic E-state index is 0.0335. The van der Waals surface area contributed by atoms with Crippen LogP contribution in [0.2, 0.25) is 5.02 Å². The maximum Gasteiger partial charge on any atom is 0.397 e. The molecule has 0 bridgehead atoms. The highest BCUT2D eigenvalue weighted by atomic mass is 35.5. The Hall–Kier alpha value is -3.21. The molecule has 0 aliphatic heterocycles. The molecular weight excluding hydrogens is 372 g/mol. The van der Waals surface area contributed by atoms with Crippen LogP contribution in [0.4, 0.5) is 11.4 Å². The van der Waals surface area contributed by atoms with Gasteiger partial charge in [0.25, 0.3) is 5.69 Å². The lowest BCUT2D eigenvalue weighted by Crippen LogP contribution is -2.42. The minimum Gasteiger partial charge on any atom is -0.460 e. The van der Waals surface area contributed by atoms with Crippen LogP contribution in [0.15, 0.2) is 23.3 Å². The highest BCUT2D eigenvalue weighted by molar-refractivity contribution is 6.45. The number of carbonyl (C=O) groups is 3. The van der Waals surface area contributed by atoms with Crippen LogP contribution in [0.1, 0.15) is 13.8 Å². The maximum absolute atomic E-state index is 11.8. The summed E-state index contributed by atoms with van der Waals surface area (Å²) in [6.07, 6.45) is 0. The van der Waals surface area contributed by atoms with Crippen LogP contribution in [-0.4, -0.2) is 41.8 Å². The third-order valence-electron chi connectivity index (χ3n) is 2.61. The van der Waals surface area contributed by atoms with E-state index in [4.69, 9.17) is 16.3 Å². The fourth-order valence-electron chi connectivity index (χ4n) is 1.55. The number of nitro benzene ring substituents is 1. The average Bonchev–Trinajstić information content (AvgIpc) is 2.59. The predicted molar refractivity (Wildman–Crippen MR) is 90.6 cm³/mol. The van der Waals surface area contributed by atoms with Crippen molar-refractivity contribution in [2.75, 3.05) is 18.6 Å². The van der Waals surface area contributed by atoms with E-state index in [1.54, 1.807) is 0 Å². The Bertz CT molecular complexity index is 751. The standard InChI is InChI=1S/C14H15ClN4O7/c1-3-25-13(21)11(16-12(20)14(22)26-4-2)18-17-9-6-5-8(15)7-10(9)19(23)24/h5-7,17H,3-4H2,1-2H3,(H,16,18,20). The van der Waals surface area contributed by atoms with E-state index in [1.165, 1.54) is 26.0 Å². The quantitative estimate of drug-likeness (QED) is 0.191. The molecule has 26 heavy (non-hydrogen) atoms. The number of anilines is 1. The second-order valence-corrected chi connectivity index (χ2v) is 4.82. The van der Waals surface area contributed by atoms with E-state index < -0.39 is 34.3 Å². The Morgan fingerprint density at radius 1 is 1.19 bits per heavy atom. The van der Waals surface area contributed by atoms with Gasteiger partial charge >= 0.3 is 17.8 Å². The molecule has 0 aliphatic carbocycles. The molecule has 140 valence electrons. The highest BCUT2D eigenvalue weighted by Crippen LogP contribution is 2.27. The molecule has 0 heterocycles. The van der Waals surface area contributed by atoms with Crippen LogP contribution in [0.3, 0.4) is 0 Å². The number of hydrogen-bond donors (Lipinski definition) is 2. The van der Waals surface area contributed by atoms with Crippen molar-refractivity contribution in [2.45, 2.75) is 13.8 Å². The topological polar surface area (TPSA) is 149 Å². The van der Waals surface area contributed by atoms with Crippen molar-refractivity contribution in [3.63, 3.8) is 0 Å². The first-order chi connectivity index (χ1) is 12.3. The third-order valence-corrected chi connectivity index (χ3v) is 2.84. The first-order valence-corrected chi connectivity index (χ1v) is 7.60. The van der Waals surface area contributed by atoms with Crippen LogP contribution in [0.5, 0.6) is 0 Å². The molecule has 0 aliphatic rings. The Labute approximate surface area is 152 Å². The zero-order chi connectivity index (χ0) is 19.7. The second-order valence-electron chi connectivity index (χ2n) is 4.39. The van der Waals surface area contributed by atoms with E-state index in [9.17, 15) is 24.5 Å². The van der Waals surface area contributed by atoms with Crippen LogP contribution in [0, 0.1) is 10.1 Å². The van der Waals surface area contributed by atoms with Gasteiger partial charge in [-0.3, -0.25) is 25.7 Å². The Balaban J connectivity index is 3.08. The summed E-state index contributed by atoms with van der Waals surface area (Å²) in [5, 5.41) is 16.6. The lowest BCUT2D eigenvalue weighted by atomic mass is 10.3. The Morgan fingerprint density at radius 2 is 1.81 bits per heavy atom. The van der Waals surface area contributed by atoms with E-state index >= 15 is 0 Å². The van der Waals surface area contributed by atoms with Gasteiger partial charge in [-0.1, -0.05) is 11.6 Å². The molecule has 0 atom stereocenters. The summed E-state index contributed by atoms with van der Waals surface area (Å²) in [7, 11) is 0. The van der Waals surface area contributed by atoms with E-state index in [-0.39, 0.29) is 23.9 Å². The molecule has 1 aromatic carbocycles. The fraction of sp³-hybridized carbons (Fsp3) is 0.286. The number of halogens is 1. The monoisotopic (exact) mass is 386 g/mol. The highest BCUT2D eigenvalue weighted by Gasteiger charge is 2.23. The molecule has 0 unspecified atom stereocenters.